The molecular formula is C14H17N3OS. The number of carbonyl (C=O) groups excluding carboxylic acids is 1. The van der Waals surface area contributed by atoms with E-state index in [4.69, 9.17) is 5.73 Å². The Bertz CT molecular complexity index is 534. The van der Waals surface area contributed by atoms with Crippen LogP contribution in [0.2, 0.25) is 0 Å². The van der Waals surface area contributed by atoms with Crippen LogP contribution in [0.1, 0.15) is 13.8 Å². The van der Waals surface area contributed by atoms with Crippen molar-refractivity contribution in [1.82, 2.24) is 4.98 Å². The largest absolute Gasteiger partial charge is 0.325 e. The van der Waals surface area contributed by atoms with Gasteiger partial charge in [0.05, 0.1) is 6.04 Å². The fourth-order valence-electron chi connectivity index (χ4n) is 1.59. The number of carbonyl (C=O) groups is 1. The van der Waals surface area contributed by atoms with E-state index in [1.165, 1.54) is 0 Å². The Morgan fingerprint density at radius 3 is 2.53 bits per heavy atom. The zero-order valence-electron chi connectivity index (χ0n) is 11.0. The van der Waals surface area contributed by atoms with Gasteiger partial charge in [0.15, 0.2) is 0 Å². The van der Waals surface area contributed by atoms with Crippen molar-refractivity contribution in [2.75, 3.05) is 5.32 Å². The quantitative estimate of drug-likeness (QED) is 0.901. The van der Waals surface area contributed by atoms with Crippen molar-refractivity contribution in [2.45, 2.75) is 19.9 Å². The molecule has 1 atom stereocenters. The molecule has 0 aliphatic carbocycles. The van der Waals surface area contributed by atoms with Gasteiger partial charge in [-0.05, 0) is 30.2 Å². The van der Waals surface area contributed by atoms with E-state index in [1.807, 2.05) is 43.5 Å². The predicted octanol–water partition coefficient (Wildman–Crippen LogP) is 2.73. The van der Waals surface area contributed by atoms with Crippen LogP contribution >= 0.6 is 11.3 Å². The minimum atomic E-state index is -0.487. The van der Waals surface area contributed by atoms with E-state index >= 15 is 0 Å². The minimum Gasteiger partial charge on any atom is -0.325 e. The molecule has 1 aromatic carbocycles. The summed E-state index contributed by atoms with van der Waals surface area (Å²) in [5, 5.41) is 5.72. The molecule has 0 spiro atoms. The molecule has 2 aromatic rings. The van der Waals surface area contributed by atoms with Crippen LogP contribution in [0.25, 0.3) is 10.6 Å². The van der Waals surface area contributed by atoms with Crippen LogP contribution < -0.4 is 11.1 Å². The summed E-state index contributed by atoms with van der Waals surface area (Å²) in [6.07, 6.45) is 1.78. The molecule has 3 N–H and O–H groups in total. The fraction of sp³-hybridized carbons (Fsp3) is 0.286. The van der Waals surface area contributed by atoms with Gasteiger partial charge in [-0.25, -0.2) is 4.98 Å². The van der Waals surface area contributed by atoms with Crippen molar-refractivity contribution in [2.24, 2.45) is 11.7 Å². The van der Waals surface area contributed by atoms with Crippen molar-refractivity contribution in [3.05, 3.63) is 35.8 Å². The van der Waals surface area contributed by atoms with Crippen LogP contribution in [-0.2, 0) is 4.79 Å². The van der Waals surface area contributed by atoms with E-state index in [-0.39, 0.29) is 11.8 Å². The Hall–Kier alpha value is -1.72. The van der Waals surface area contributed by atoms with E-state index < -0.39 is 6.04 Å². The summed E-state index contributed by atoms with van der Waals surface area (Å²) in [7, 11) is 0. The van der Waals surface area contributed by atoms with Crippen LogP contribution in [-0.4, -0.2) is 16.9 Å². The summed E-state index contributed by atoms with van der Waals surface area (Å²) in [5.74, 6) is -0.0356. The molecule has 19 heavy (non-hydrogen) atoms. The van der Waals surface area contributed by atoms with Gasteiger partial charge in [0, 0.05) is 22.8 Å². The molecule has 0 unspecified atom stereocenters. The number of nitrogens with zero attached hydrogens (tertiary/aromatic N) is 1. The normalized spacial score (nSPS) is 12.4. The van der Waals surface area contributed by atoms with Crippen molar-refractivity contribution < 1.29 is 4.79 Å². The maximum absolute atomic E-state index is 11.8. The standard InChI is InChI=1S/C14H17N3OS/c1-9(2)12(15)13(18)17-11-5-3-10(4-6-11)14-16-7-8-19-14/h3-9,12H,15H2,1-2H3,(H,17,18)/t12-/m1/s1. The zero-order valence-corrected chi connectivity index (χ0v) is 11.8. The smallest absolute Gasteiger partial charge is 0.241 e. The Labute approximate surface area is 116 Å². The summed E-state index contributed by atoms with van der Waals surface area (Å²) >= 11 is 1.59. The number of anilines is 1. The summed E-state index contributed by atoms with van der Waals surface area (Å²) in [5.41, 5.74) is 7.59. The molecule has 0 aliphatic heterocycles. The number of nitrogens with one attached hydrogen (secondary N) is 1. The Morgan fingerprint density at radius 2 is 2.00 bits per heavy atom. The first-order chi connectivity index (χ1) is 9.08. The number of benzene rings is 1. The third-order valence-corrected chi connectivity index (χ3v) is 3.67. The molecule has 1 heterocycles. The summed E-state index contributed by atoms with van der Waals surface area (Å²) in [6.45, 7) is 3.85. The van der Waals surface area contributed by atoms with Gasteiger partial charge in [-0.15, -0.1) is 11.3 Å². The third-order valence-electron chi connectivity index (χ3n) is 2.85. The lowest BCUT2D eigenvalue weighted by Gasteiger charge is -2.15. The number of nitrogens with two attached hydrogens (primary N) is 1. The lowest BCUT2D eigenvalue weighted by atomic mass is 10.0. The molecule has 2 rings (SSSR count). The zero-order chi connectivity index (χ0) is 13.8. The van der Waals surface area contributed by atoms with E-state index in [2.05, 4.69) is 10.3 Å². The Balaban J connectivity index is 2.05. The van der Waals surface area contributed by atoms with Crippen LogP contribution in [0.4, 0.5) is 5.69 Å². The summed E-state index contributed by atoms with van der Waals surface area (Å²) < 4.78 is 0. The highest BCUT2D eigenvalue weighted by atomic mass is 32.1. The average molecular weight is 275 g/mol. The molecule has 5 heteroatoms. The van der Waals surface area contributed by atoms with Gasteiger partial charge >= 0.3 is 0 Å². The lowest BCUT2D eigenvalue weighted by molar-refractivity contribution is -0.118. The number of thiazole rings is 1. The first-order valence-electron chi connectivity index (χ1n) is 6.14. The lowest BCUT2D eigenvalue weighted by Crippen LogP contribution is -2.39. The van der Waals surface area contributed by atoms with Crippen molar-refractivity contribution in [1.29, 1.82) is 0 Å². The first kappa shape index (κ1) is 13.7. The van der Waals surface area contributed by atoms with Gasteiger partial charge in [0.2, 0.25) is 5.91 Å². The van der Waals surface area contributed by atoms with E-state index in [9.17, 15) is 4.79 Å². The van der Waals surface area contributed by atoms with Gasteiger partial charge in [-0.2, -0.15) is 0 Å². The molecular weight excluding hydrogens is 258 g/mol. The monoisotopic (exact) mass is 275 g/mol. The van der Waals surface area contributed by atoms with E-state index in [0.29, 0.717) is 0 Å². The third kappa shape index (κ3) is 3.39. The maximum Gasteiger partial charge on any atom is 0.241 e. The SMILES string of the molecule is CC(C)[C@@H](N)C(=O)Nc1ccc(-c2nccs2)cc1. The number of hydrogen-bond donors (Lipinski definition) is 2. The van der Waals surface area contributed by atoms with Gasteiger partial charge < -0.3 is 11.1 Å². The molecule has 1 aromatic heterocycles. The molecule has 0 fully saturated rings. The summed E-state index contributed by atoms with van der Waals surface area (Å²) in [6, 6.07) is 7.12. The molecule has 0 saturated heterocycles. The Morgan fingerprint density at radius 1 is 1.32 bits per heavy atom. The highest BCUT2D eigenvalue weighted by Crippen LogP contribution is 2.23. The second-order valence-corrected chi connectivity index (χ2v) is 5.57. The molecule has 0 bridgehead atoms. The number of rotatable bonds is 4. The van der Waals surface area contributed by atoms with Crippen LogP contribution in [0.5, 0.6) is 0 Å². The molecule has 0 aliphatic rings. The first-order valence-corrected chi connectivity index (χ1v) is 7.02. The number of amides is 1. The van der Waals surface area contributed by atoms with Gasteiger partial charge in [-0.1, -0.05) is 13.8 Å². The Kier molecular flexibility index (Phi) is 4.29. The predicted molar refractivity (Wildman–Crippen MR) is 79.0 cm³/mol. The second-order valence-electron chi connectivity index (χ2n) is 4.67. The number of hydrogen-bond acceptors (Lipinski definition) is 4. The molecule has 4 nitrogen and oxygen atoms in total. The number of aromatic nitrogens is 1. The van der Waals surface area contributed by atoms with Gasteiger partial charge in [0.1, 0.15) is 5.01 Å². The molecule has 1 amide bonds. The van der Waals surface area contributed by atoms with Crippen molar-refractivity contribution in [3.63, 3.8) is 0 Å². The van der Waals surface area contributed by atoms with Gasteiger partial charge in [-0.3, -0.25) is 4.79 Å². The second kappa shape index (κ2) is 5.95. The van der Waals surface area contributed by atoms with Crippen LogP contribution in [0.15, 0.2) is 35.8 Å². The van der Waals surface area contributed by atoms with Crippen molar-refractivity contribution in [3.8, 4) is 10.6 Å². The van der Waals surface area contributed by atoms with Crippen molar-refractivity contribution >= 4 is 22.9 Å². The average Bonchev–Trinajstić information content (AvgIpc) is 2.92. The molecule has 0 radical (unpaired) electrons. The van der Waals surface area contributed by atoms with E-state index in [1.54, 1.807) is 17.5 Å². The van der Waals surface area contributed by atoms with Crippen LogP contribution in [0, 0.1) is 5.92 Å². The van der Waals surface area contributed by atoms with Gasteiger partial charge in [0.25, 0.3) is 0 Å². The molecule has 100 valence electrons. The van der Waals surface area contributed by atoms with Crippen LogP contribution in [0.3, 0.4) is 0 Å². The summed E-state index contributed by atoms with van der Waals surface area (Å²) in [4.78, 5) is 16.1. The highest BCUT2D eigenvalue weighted by molar-refractivity contribution is 7.13. The maximum atomic E-state index is 11.8. The highest BCUT2D eigenvalue weighted by Gasteiger charge is 2.17. The van der Waals surface area contributed by atoms with E-state index in [0.717, 1.165) is 16.3 Å². The fourth-order valence-corrected chi connectivity index (χ4v) is 2.23. The topological polar surface area (TPSA) is 68.0 Å². The minimum absolute atomic E-state index is 0.120. The molecule has 0 saturated carbocycles.